The third kappa shape index (κ3) is 1.35. The monoisotopic (exact) mass is 200 g/mol. The highest BCUT2D eigenvalue weighted by molar-refractivity contribution is 7.13. The van der Waals surface area contributed by atoms with E-state index in [1.807, 2.05) is 17.5 Å². The fourth-order valence-electron chi connectivity index (χ4n) is 0.809. The summed E-state index contributed by atoms with van der Waals surface area (Å²) in [4.78, 5) is 5.04. The van der Waals surface area contributed by atoms with Crippen LogP contribution >= 0.6 is 22.9 Å². The summed E-state index contributed by atoms with van der Waals surface area (Å²) in [6.45, 7) is 0. The van der Waals surface area contributed by atoms with Crippen molar-refractivity contribution in [1.82, 2.24) is 10.1 Å². The topological polar surface area (TPSA) is 38.9 Å². The maximum absolute atomic E-state index is 5.52. The Bertz CT molecular complexity index is 357. The van der Waals surface area contributed by atoms with Crippen LogP contribution < -0.4 is 0 Å². The Balaban J connectivity index is 2.35. The summed E-state index contributed by atoms with van der Waals surface area (Å²) in [6.07, 6.45) is 0. The maximum Gasteiger partial charge on any atom is 0.268 e. The van der Waals surface area contributed by atoms with Gasteiger partial charge in [0, 0.05) is 0 Å². The molecule has 0 fully saturated rings. The molecule has 0 aromatic carbocycles. The third-order valence-electron chi connectivity index (χ3n) is 1.32. The number of aromatic nitrogens is 2. The molecule has 2 aromatic rings. The Morgan fingerprint density at radius 1 is 1.58 bits per heavy atom. The molecule has 0 aliphatic rings. The molecular weight excluding hydrogens is 196 g/mol. The normalized spacial score (nSPS) is 10.4. The highest BCUT2D eigenvalue weighted by Crippen LogP contribution is 2.22. The number of thiophene rings is 1. The smallest absolute Gasteiger partial charge is 0.268 e. The van der Waals surface area contributed by atoms with Gasteiger partial charge in [0.15, 0.2) is 5.82 Å². The quantitative estimate of drug-likeness (QED) is 0.700. The first-order chi connectivity index (χ1) is 5.90. The second-order valence-electron chi connectivity index (χ2n) is 2.13. The fraction of sp³-hybridized carbons (Fsp3) is 0.143. The Labute approximate surface area is 78.0 Å². The summed E-state index contributed by atoms with van der Waals surface area (Å²) in [5.74, 6) is 1.36. The van der Waals surface area contributed by atoms with Crippen molar-refractivity contribution in [1.29, 1.82) is 0 Å². The van der Waals surface area contributed by atoms with Gasteiger partial charge in [-0.3, -0.25) is 0 Å². The van der Waals surface area contributed by atoms with Crippen LogP contribution in [0.1, 0.15) is 5.82 Å². The average Bonchev–Trinajstić information content (AvgIpc) is 2.75. The van der Waals surface area contributed by atoms with Crippen LogP contribution in [0.2, 0.25) is 0 Å². The molecule has 0 saturated heterocycles. The first kappa shape index (κ1) is 7.76. The van der Waals surface area contributed by atoms with E-state index in [0.717, 1.165) is 4.88 Å². The zero-order chi connectivity index (χ0) is 8.39. The summed E-state index contributed by atoms with van der Waals surface area (Å²) >= 11 is 7.08. The zero-order valence-corrected chi connectivity index (χ0v) is 7.60. The van der Waals surface area contributed by atoms with Crippen molar-refractivity contribution in [2.45, 2.75) is 5.88 Å². The van der Waals surface area contributed by atoms with Gasteiger partial charge in [-0.2, -0.15) is 4.98 Å². The summed E-state index contributed by atoms with van der Waals surface area (Å²) in [5.41, 5.74) is 0. The lowest BCUT2D eigenvalue weighted by Gasteiger charge is -1.81. The van der Waals surface area contributed by atoms with Gasteiger partial charge in [0.25, 0.3) is 5.89 Å². The Kier molecular flexibility index (Phi) is 2.10. The molecule has 0 aliphatic heterocycles. The van der Waals surface area contributed by atoms with Crippen molar-refractivity contribution in [2.75, 3.05) is 0 Å². The minimum absolute atomic E-state index is 0.287. The van der Waals surface area contributed by atoms with Gasteiger partial charge in [-0.25, -0.2) is 0 Å². The molecule has 0 radical (unpaired) electrons. The lowest BCUT2D eigenvalue weighted by atomic mass is 10.5. The summed E-state index contributed by atoms with van der Waals surface area (Å²) in [5, 5.41) is 5.64. The number of hydrogen-bond acceptors (Lipinski definition) is 4. The Morgan fingerprint density at radius 3 is 3.08 bits per heavy atom. The SMILES string of the molecule is ClCc1noc(-c2cccs2)n1. The average molecular weight is 201 g/mol. The predicted octanol–water partition coefficient (Wildman–Crippen LogP) is 2.54. The van der Waals surface area contributed by atoms with E-state index < -0.39 is 0 Å². The molecule has 0 saturated carbocycles. The van der Waals surface area contributed by atoms with Crippen molar-refractivity contribution in [3.63, 3.8) is 0 Å². The van der Waals surface area contributed by atoms with Crippen LogP contribution in [0, 0.1) is 0 Å². The number of rotatable bonds is 2. The molecule has 0 amide bonds. The van der Waals surface area contributed by atoms with Crippen LogP contribution in [-0.4, -0.2) is 10.1 Å². The molecular formula is C7H5ClN2OS. The van der Waals surface area contributed by atoms with E-state index in [4.69, 9.17) is 16.1 Å². The van der Waals surface area contributed by atoms with Crippen LogP contribution in [0.25, 0.3) is 10.8 Å². The molecule has 5 heteroatoms. The van der Waals surface area contributed by atoms with Crippen LogP contribution in [0.3, 0.4) is 0 Å². The molecule has 2 aromatic heterocycles. The van der Waals surface area contributed by atoms with Gasteiger partial charge >= 0.3 is 0 Å². The number of alkyl halides is 1. The van der Waals surface area contributed by atoms with Crippen molar-refractivity contribution in [3.8, 4) is 10.8 Å². The van der Waals surface area contributed by atoms with E-state index in [1.165, 1.54) is 0 Å². The van der Waals surface area contributed by atoms with Crippen LogP contribution in [0.5, 0.6) is 0 Å². The van der Waals surface area contributed by atoms with E-state index in [2.05, 4.69) is 10.1 Å². The minimum Gasteiger partial charge on any atom is -0.333 e. The van der Waals surface area contributed by atoms with E-state index in [-0.39, 0.29) is 5.88 Å². The first-order valence-electron chi connectivity index (χ1n) is 3.32. The first-order valence-corrected chi connectivity index (χ1v) is 4.74. The van der Waals surface area contributed by atoms with Gasteiger partial charge in [-0.1, -0.05) is 11.2 Å². The van der Waals surface area contributed by atoms with Gasteiger partial charge in [-0.15, -0.1) is 22.9 Å². The molecule has 0 spiro atoms. The molecule has 0 atom stereocenters. The second-order valence-corrected chi connectivity index (χ2v) is 3.34. The summed E-state index contributed by atoms with van der Waals surface area (Å²) in [6, 6.07) is 3.86. The second kappa shape index (κ2) is 3.25. The highest BCUT2D eigenvalue weighted by atomic mass is 35.5. The summed E-state index contributed by atoms with van der Waals surface area (Å²) in [7, 11) is 0. The zero-order valence-electron chi connectivity index (χ0n) is 6.03. The van der Waals surface area contributed by atoms with Crippen LogP contribution in [0.15, 0.2) is 22.0 Å². The molecule has 0 bridgehead atoms. The molecule has 62 valence electrons. The fourth-order valence-corrected chi connectivity index (χ4v) is 1.56. The Morgan fingerprint density at radius 2 is 2.50 bits per heavy atom. The van der Waals surface area contributed by atoms with E-state index in [0.29, 0.717) is 11.7 Å². The van der Waals surface area contributed by atoms with Crippen molar-refractivity contribution in [3.05, 3.63) is 23.3 Å². The standard InChI is InChI=1S/C7H5ClN2OS/c8-4-6-9-7(11-10-6)5-2-1-3-12-5/h1-3H,4H2. The number of halogens is 1. The number of hydrogen-bond donors (Lipinski definition) is 0. The minimum atomic E-state index is 0.287. The van der Waals surface area contributed by atoms with Crippen molar-refractivity contribution in [2.24, 2.45) is 0 Å². The molecule has 0 aliphatic carbocycles. The van der Waals surface area contributed by atoms with E-state index >= 15 is 0 Å². The lowest BCUT2D eigenvalue weighted by molar-refractivity contribution is 0.426. The van der Waals surface area contributed by atoms with Gasteiger partial charge < -0.3 is 4.52 Å². The Hall–Kier alpha value is -0.870. The largest absolute Gasteiger partial charge is 0.333 e. The maximum atomic E-state index is 5.52. The van der Waals surface area contributed by atoms with E-state index in [1.54, 1.807) is 11.3 Å². The molecule has 2 rings (SSSR count). The lowest BCUT2D eigenvalue weighted by Crippen LogP contribution is -1.78. The van der Waals surface area contributed by atoms with Crippen LogP contribution in [-0.2, 0) is 5.88 Å². The highest BCUT2D eigenvalue weighted by Gasteiger charge is 2.07. The van der Waals surface area contributed by atoms with Gasteiger partial charge in [-0.05, 0) is 11.4 Å². The van der Waals surface area contributed by atoms with Gasteiger partial charge in [0.1, 0.15) is 0 Å². The summed E-state index contributed by atoms with van der Waals surface area (Å²) < 4.78 is 4.96. The molecule has 2 heterocycles. The molecule has 3 nitrogen and oxygen atoms in total. The number of nitrogens with zero attached hydrogens (tertiary/aromatic N) is 2. The van der Waals surface area contributed by atoms with Crippen molar-refractivity contribution >= 4 is 22.9 Å². The van der Waals surface area contributed by atoms with E-state index in [9.17, 15) is 0 Å². The van der Waals surface area contributed by atoms with Gasteiger partial charge in [0.2, 0.25) is 0 Å². The third-order valence-corrected chi connectivity index (χ3v) is 2.42. The predicted molar refractivity (Wildman–Crippen MR) is 47.2 cm³/mol. The molecule has 0 N–H and O–H groups in total. The van der Waals surface area contributed by atoms with Crippen molar-refractivity contribution < 1.29 is 4.52 Å². The molecule has 0 unspecified atom stereocenters. The van der Waals surface area contributed by atoms with Crippen LogP contribution in [0.4, 0.5) is 0 Å². The molecule has 12 heavy (non-hydrogen) atoms. The van der Waals surface area contributed by atoms with Gasteiger partial charge in [0.05, 0.1) is 10.8 Å².